The van der Waals surface area contributed by atoms with Gasteiger partial charge >= 0.3 is 6.61 Å². The third-order valence-corrected chi connectivity index (χ3v) is 4.56. The van der Waals surface area contributed by atoms with E-state index in [9.17, 15) is 13.6 Å². The van der Waals surface area contributed by atoms with E-state index in [-0.39, 0.29) is 30.6 Å². The van der Waals surface area contributed by atoms with Crippen LogP contribution in [0.25, 0.3) is 6.08 Å². The third kappa shape index (κ3) is 7.02. The van der Waals surface area contributed by atoms with Gasteiger partial charge in [-0.15, -0.1) is 0 Å². The molecule has 0 N–H and O–H groups in total. The average Bonchev–Trinajstić information content (AvgIpc) is 2.75. The zero-order chi connectivity index (χ0) is 23.7. The van der Waals surface area contributed by atoms with Crippen molar-refractivity contribution in [1.29, 1.82) is 0 Å². The number of rotatable bonds is 11. The van der Waals surface area contributed by atoms with E-state index in [1.165, 1.54) is 24.2 Å². The van der Waals surface area contributed by atoms with Crippen molar-refractivity contribution >= 4 is 23.6 Å². The molecule has 0 aliphatic carbocycles. The number of halogens is 3. The predicted octanol–water partition coefficient (Wildman–Crippen LogP) is 5.42. The SMILES string of the molecule is CCOc1cc(CN(C)C(=O)/C=C/c2cc(Cl)c(OCC)c(OC)c2)ccc1OC(F)F. The van der Waals surface area contributed by atoms with E-state index in [0.29, 0.717) is 34.3 Å². The van der Waals surface area contributed by atoms with E-state index >= 15 is 0 Å². The fraction of sp³-hybridized carbons (Fsp3) is 0.348. The topological polar surface area (TPSA) is 57.2 Å². The summed E-state index contributed by atoms with van der Waals surface area (Å²) in [6.45, 7) is 1.59. The third-order valence-electron chi connectivity index (χ3n) is 4.28. The van der Waals surface area contributed by atoms with Gasteiger partial charge in [0.25, 0.3) is 0 Å². The summed E-state index contributed by atoms with van der Waals surface area (Å²) in [6, 6.07) is 7.97. The van der Waals surface area contributed by atoms with Crippen LogP contribution in [0.4, 0.5) is 8.78 Å². The van der Waals surface area contributed by atoms with Crippen LogP contribution in [-0.4, -0.2) is 44.8 Å². The standard InChI is InChI=1S/C23H26ClF2NO5/c1-5-30-19-13-16(7-9-18(19)32-23(25)26)14-27(3)21(28)10-8-15-11-17(24)22(31-6-2)20(12-15)29-4/h7-13,23H,5-6,14H2,1-4H3/b10-8+. The van der Waals surface area contributed by atoms with Gasteiger partial charge in [0.15, 0.2) is 23.0 Å². The van der Waals surface area contributed by atoms with Gasteiger partial charge in [0.05, 0.1) is 25.3 Å². The van der Waals surface area contributed by atoms with Gasteiger partial charge in [0.2, 0.25) is 5.91 Å². The highest BCUT2D eigenvalue weighted by Crippen LogP contribution is 2.36. The Hall–Kier alpha value is -3.00. The average molecular weight is 470 g/mol. The summed E-state index contributed by atoms with van der Waals surface area (Å²) in [7, 11) is 3.14. The highest BCUT2D eigenvalue weighted by molar-refractivity contribution is 6.32. The van der Waals surface area contributed by atoms with Gasteiger partial charge in [0, 0.05) is 19.7 Å². The first kappa shape index (κ1) is 25.3. The summed E-state index contributed by atoms with van der Waals surface area (Å²) in [5.74, 6) is 0.787. The molecule has 0 aliphatic rings. The molecule has 0 aromatic heterocycles. The van der Waals surface area contributed by atoms with Gasteiger partial charge in [-0.3, -0.25) is 4.79 Å². The zero-order valence-electron chi connectivity index (χ0n) is 18.4. The minimum atomic E-state index is -2.95. The number of carbonyl (C=O) groups excluding carboxylic acids is 1. The Kier molecular flexibility index (Phi) is 9.59. The van der Waals surface area contributed by atoms with E-state index in [0.717, 1.165) is 0 Å². The van der Waals surface area contributed by atoms with Crippen molar-refractivity contribution in [3.63, 3.8) is 0 Å². The van der Waals surface area contributed by atoms with Crippen LogP contribution < -0.4 is 18.9 Å². The molecule has 6 nitrogen and oxygen atoms in total. The van der Waals surface area contributed by atoms with Gasteiger partial charge in [-0.1, -0.05) is 17.7 Å². The second-order valence-corrected chi connectivity index (χ2v) is 6.99. The monoisotopic (exact) mass is 469 g/mol. The fourth-order valence-corrected chi connectivity index (χ4v) is 3.15. The van der Waals surface area contributed by atoms with Crippen molar-refractivity contribution in [2.75, 3.05) is 27.4 Å². The number of hydrogen-bond acceptors (Lipinski definition) is 5. The molecule has 0 aliphatic heterocycles. The lowest BCUT2D eigenvalue weighted by Crippen LogP contribution is -2.24. The van der Waals surface area contributed by atoms with Crippen molar-refractivity contribution in [2.45, 2.75) is 27.0 Å². The molecule has 0 fully saturated rings. The maximum absolute atomic E-state index is 12.6. The molecular formula is C23H26ClF2NO5. The number of nitrogens with zero attached hydrogens (tertiary/aromatic N) is 1. The van der Waals surface area contributed by atoms with E-state index in [2.05, 4.69) is 4.74 Å². The minimum absolute atomic E-state index is 0.0548. The summed E-state index contributed by atoms with van der Waals surface area (Å²) < 4.78 is 45.7. The van der Waals surface area contributed by atoms with Crippen LogP contribution in [0, 0.1) is 0 Å². The number of benzene rings is 2. The molecule has 0 atom stereocenters. The molecule has 2 rings (SSSR count). The lowest BCUT2D eigenvalue weighted by atomic mass is 10.1. The number of amides is 1. The molecule has 0 unspecified atom stereocenters. The molecule has 174 valence electrons. The van der Waals surface area contributed by atoms with Gasteiger partial charge < -0.3 is 23.8 Å². The largest absolute Gasteiger partial charge is 0.493 e. The number of hydrogen-bond donors (Lipinski definition) is 0. The van der Waals surface area contributed by atoms with Crippen molar-refractivity contribution in [1.82, 2.24) is 4.90 Å². The summed E-state index contributed by atoms with van der Waals surface area (Å²) >= 11 is 6.26. The second kappa shape index (κ2) is 12.1. The van der Waals surface area contributed by atoms with Crippen molar-refractivity contribution in [3.05, 3.63) is 52.6 Å². The fourth-order valence-electron chi connectivity index (χ4n) is 2.88. The lowest BCUT2D eigenvalue weighted by molar-refractivity contribution is -0.125. The first-order valence-corrected chi connectivity index (χ1v) is 10.3. The highest BCUT2D eigenvalue weighted by Gasteiger charge is 2.14. The maximum atomic E-state index is 12.6. The number of likely N-dealkylation sites (N-methyl/N-ethyl adjacent to an activating group) is 1. The Morgan fingerprint density at radius 3 is 2.44 bits per heavy atom. The van der Waals surface area contributed by atoms with Crippen LogP contribution in [0.5, 0.6) is 23.0 Å². The molecule has 0 saturated carbocycles. The maximum Gasteiger partial charge on any atom is 0.387 e. The van der Waals surface area contributed by atoms with Crippen LogP contribution >= 0.6 is 11.6 Å². The van der Waals surface area contributed by atoms with Crippen molar-refractivity contribution in [3.8, 4) is 23.0 Å². The van der Waals surface area contributed by atoms with E-state index < -0.39 is 6.61 Å². The van der Waals surface area contributed by atoms with Crippen LogP contribution in [0.1, 0.15) is 25.0 Å². The molecule has 0 spiro atoms. The predicted molar refractivity (Wildman–Crippen MR) is 119 cm³/mol. The highest BCUT2D eigenvalue weighted by atomic mass is 35.5. The summed E-state index contributed by atoms with van der Waals surface area (Å²) in [5, 5.41) is 0.376. The van der Waals surface area contributed by atoms with Crippen LogP contribution in [0.3, 0.4) is 0 Å². The summed E-state index contributed by atoms with van der Waals surface area (Å²) in [5.41, 5.74) is 1.37. The summed E-state index contributed by atoms with van der Waals surface area (Å²) in [6.07, 6.45) is 3.03. The molecule has 9 heteroatoms. The Balaban J connectivity index is 2.12. The number of methoxy groups -OCH3 is 1. The van der Waals surface area contributed by atoms with Gasteiger partial charge in [-0.25, -0.2) is 0 Å². The first-order valence-electron chi connectivity index (χ1n) is 9.93. The van der Waals surface area contributed by atoms with Crippen molar-refractivity contribution < 1.29 is 32.5 Å². The minimum Gasteiger partial charge on any atom is -0.493 e. The van der Waals surface area contributed by atoms with Gasteiger partial charge in [-0.05, 0) is 55.3 Å². The summed E-state index contributed by atoms with van der Waals surface area (Å²) in [4.78, 5) is 14.0. The van der Waals surface area contributed by atoms with E-state index in [1.807, 2.05) is 6.92 Å². The van der Waals surface area contributed by atoms with Crippen LogP contribution in [0.2, 0.25) is 5.02 Å². The molecular weight excluding hydrogens is 444 g/mol. The molecule has 0 saturated heterocycles. The molecule has 0 radical (unpaired) electrons. The van der Waals surface area contributed by atoms with Crippen LogP contribution in [0.15, 0.2) is 36.4 Å². The Labute approximate surface area is 191 Å². The van der Waals surface area contributed by atoms with Crippen molar-refractivity contribution in [2.24, 2.45) is 0 Å². The molecule has 32 heavy (non-hydrogen) atoms. The Morgan fingerprint density at radius 1 is 1.09 bits per heavy atom. The number of ether oxygens (including phenoxy) is 4. The molecule has 0 bridgehead atoms. The van der Waals surface area contributed by atoms with Gasteiger partial charge in [-0.2, -0.15) is 8.78 Å². The molecule has 2 aromatic carbocycles. The number of carbonyl (C=O) groups is 1. The zero-order valence-corrected chi connectivity index (χ0v) is 19.1. The lowest BCUT2D eigenvalue weighted by Gasteiger charge is -2.17. The molecule has 1 amide bonds. The van der Waals surface area contributed by atoms with Crippen LogP contribution in [-0.2, 0) is 11.3 Å². The van der Waals surface area contributed by atoms with E-state index in [4.69, 9.17) is 25.8 Å². The van der Waals surface area contributed by atoms with E-state index in [1.54, 1.807) is 44.3 Å². The first-order chi connectivity index (χ1) is 15.3. The molecule has 2 aromatic rings. The van der Waals surface area contributed by atoms with Gasteiger partial charge in [0.1, 0.15) is 0 Å². The molecule has 0 heterocycles. The smallest absolute Gasteiger partial charge is 0.387 e. The Morgan fingerprint density at radius 2 is 1.81 bits per heavy atom. The quantitative estimate of drug-likeness (QED) is 0.411. The Bertz CT molecular complexity index is 952. The normalized spacial score (nSPS) is 11.0. The number of alkyl halides is 2. The second-order valence-electron chi connectivity index (χ2n) is 6.59.